The Morgan fingerprint density at radius 3 is 2.60 bits per heavy atom. The first kappa shape index (κ1) is 11.0. The molecule has 0 aliphatic heterocycles. The van der Waals surface area contributed by atoms with E-state index in [1.807, 2.05) is 6.07 Å². The highest BCUT2D eigenvalue weighted by atomic mass is 19.1. The van der Waals surface area contributed by atoms with E-state index in [2.05, 4.69) is 0 Å². The summed E-state index contributed by atoms with van der Waals surface area (Å²) in [6.45, 7) is 0. The Bertz CT molecular complexity index is 988. The number of halogens is 1. The van der Waals surface area contributed by atoms with Crippen LogP contribution in [0.4, 0.5) is 4.39 Å². The minimum atomic E-state index is -0.644. The molecule has 0 aliphatic carbocycles. The zero-order valence-corrected chi connectivity index (χ0v) is 10.1. The smallest absolute Gasteiger partial charge is 0.474 e. The van der Waals surface area contributed by atoms with Gasteiger partial charge in [0.05, 0.1) is 0 Å². The fraction of sp³-hybridized carbons (Fsp3) is 0. The van der Waals surface area contributed by atoms with Crippen molar-refractivity contribution in [2.24, 2.45) is 0 Å². The first-order valence-corrected chi connectivity index (χ1v) is 5.93. The molecule has 0 saturated heterocycles. The largest absolute Gasteiger partial charge is 0.478 e. The summed E-state index contributed by atoms with van der Waals surface area (Å²) >= 11 is 0. The predicted molar refractivity (Wildman–Crippen MR) is 67.8 cm³/mol. The van der Waals surface area contributed by atoms with E-state index in [4.69, 9.17) is 4.42 Å². The molecule has 0 fully saturated rings. The number of pyridine rings is 1. The van der Waals surface area contributed by atoms with Crippen LogP contribution in [0.25, 0.3) is 22.6 Å². The molecule has 0 spiro atoms. The van der Waals surface area contributed by atoms with Gasteiger partial charge in [-0.1, -0.05) is 18.2 Å². The Kier molecular flexibility index (Phi) is 1.96. The van der Waals surface area contributed by atoms with Gasteiger partial charge in [-0.25, -0.2) is 9.18 Å². The maximum absolute atomic E-state index is 13.5. The highest BCUT2D eigenvalue weighted by Crippen LogP contribution is 2.24. The third kappa shape index (κ3) is 1.25. The number of hydrogen-bond acceptors (Lipinski definition) is 3. The van der Waals surface area contributed by atoms with E-state index >= 15 is 0 Å². The van der Waals surface area contributed by atoms with Crippen molar-refractivity contribution in [2.75, 3.05) is 0 Å². The molecular formula is C14H8FN2O3+. The van der Waals surface area contributed by atoms with Gasteiger partial charge in [-0.05, 0) is 12.1 Å². The summed E-state index contributed by atoms with van der Waals surface area (Å²) < 4.78 is 21.4. The number of nitrogens with zero attached hydrogens (tertiary/aromatic N) is 2. The minimum Gasteiger partial charge on any atom is -0.474 e. The van der Waals surface area contributed by atoms with Crippen LogP contribution in [0.5, 0.6) is 5.88 Å². The van der Waals surface area contributed by atoms with Gasteiger partial charge < -0.3 is 9.52 Å². The Hall–Kier alpha value is -2.89. The lowest BCUT2D eigenvalue weighted by molar-refractivity contribution is -0.582. The third-order valence-electron chi connectivity index (χ3n) is 3.26. The molecule has 6 heteroatoms. The van der Waals surface area contributed by atoms with Crippen LogP contribution in [-0.4, -0.2) is 9.51 Å². The first-order valence-electron chi connectivity index (χ1n) is 5.93. The van der Waals surface area contributed by atoms with Crippen LogP contribution in [-0.2, 0) is 0 Å². The van der Waals surface area contributed by atoms with Crippen molar-refractivity contribution in [2.45, 2.75) is 0 Å². The van der Waals surface area contributed by atoms with Crippen LogP contribution < -0.4 is 10.2 Å². The van der Waals surface area contributed by atoms with Crippen molar-refractivity contribution in [3.05, 3.63) is 58.7 Å². The SMILES string of the molecule is O=c1oc2n3c(cc(F)cc13)c(O)[n+]2-c1ccccc1. The van der Waals surface area contributed by atoms with Gasteiger partial charge in [-0.2, -0.15) is 0 Å². The van der Waals surface area contributed by atoms with Crippen LogP contribution in [0.1, 0.15) is 0 Å². The van der Waals surface area contributed by atoms with Crippen molar-refractivity contribution < 1.29 is 18.5 Å². The third-order valence-corrected chi connectivity index (χ3v) is 3.26. The molecular weight excluding hydrogens is 263 g/mol. The summed E-state index contributed by atoms with van der Waals surface area (Å²) in [4.78, 5) is 11.7. The van der Waals surface area contributed by atoms with E-state index in [0.29, 0.717) is 5.69 Å². The van der Waals surface area contributed by atoms with Gasteiger partial charge in [-0.3, -0.25) is 0 Å². The number of aromatic nitrogens is 2. The summed E-state index contributed by atoms with van der Waals surface area (Å²) in [6.07, 6.45) is 0. The Morgan fingerprint density at radius 2 is 1.85 bits per heavy atom. The van der Waals surface area contributed by atoms with Crippen LogP contribution in [0, 0.1) is 5.82 Å². The molecule has 3 heterocycles. The molecule has 0 unspecified atom stereocenters. The lowest BCUT2D eigenvalue weighted by atomic mass is 10.3. The van der Waals surface area contributed by atoms with Gasteiger partial charge in [0.2, 0.25) is 11.0 Å². The Balaban J connectivity index is 2.26. The zero-order chi connectivity index (χ0) is 13.9. The van der Waals surface area contributed by atoms with Crippen LogP contribution >= 0.6 is 0 Å². The molecule has 0 bridgehead atoms. The van der Waals surface area contributed by atoms with Crippen LogP contribution in [0.15, 0.2) is 51.7 Å². The average Bonchev–Trinajstić information content (AvgIpc) is 2.90. The molecule has 3 aromatic heterocycles. The highest BCUT2D eigenvalue weighted by Gasteiger charge is 2.31. The van der Waals surface area contributed by atoms with Gasteiger partial charge in [-0.15, -0.1) is 8.97 Å². The van der Waals surface area contributed by atoms with Crippen molar-refractivity contribution in [1.82, 2.24) is 4.40 Å². The molecule has 0 amide bonds. The number of hydrogen-bond donors (Lipinski definition) is 1. The van der Waals surface area contributed by atoms with Gasteiger partial charge in [0.15, 0.2) is 0 Å². The van der Waals surface area contributed by atoms with E-state index in [9.17, 15) is 14.3 Å². The number of benzene rings is 1. The molecule has 0 atom stereocenters. The quantitative estimate of drug-likeness (QED) is 0.535. The molecule has 0 aliphatic rings. The minimum absolute atomic E-state index is 0.0555. The molecule has 0 saturated carbocycles. The van der Waals surface area contributed by atoms with E-state index in [1.165, 1.54) is 8.97 Å². The lowest BCUT2D eigenvalue weighted by Crippen LogP contribution is -2.29. The van der Waals surface area contributed by atoms with Gasteiger partial charge in [0.25, 0.3) is 0 Å². The zero-order valence-electron chi connectivity index (χ0n) is 10.1. The predicted octanol–water partition coefficient (Wildman–Crippen LogP) is 1.60. The molecule has 4 rings (SSSR count). The Morgan fingerprint density at radius 1 is 1.15 bits per heavy atom. The average molecular weight is 271 g/mol. The van der Waals surface area contributed by atoms with Crippen molar-refractivity contribution in [3.63, 3.8) is 0 Å². The van der Waals surface area contributed by atoms with E-state index in [0.717, 1.165) is 12.1 Å². The summed E-state index contributed by atoms with van der Waals surface area (Å²) in [5, 5.41) is 10.3. The second-order valence-corrected chi connectivity index (χ2v) is 4.45. The second kappa shape index (κ2) is 3.57. The van der Waals surface area contributed by atoms with Gasteiger partial charge >= 0.3 is 17.3 Å². The Labute approximate surface area is 111 Å². The topological polar surface area (TPSA) is 58.7 Å². The van der Waals surface area contributed by atoms with Crippen molar-refractivity contribution in [3.8, 4) is 11.6 Å². The first-order chi connectivity index (χ1) is 9.66. The molecule has 5 nitrogen and oxygen atoms in total. The standard InChI is InChI=1S/C14H7FN2O3/c15-8-6-10-12(18)16(9-4-2-1-3-5-9)14-17(10)11(7-8)13(19)20-14/h1-7H/p+1. The number of aromatic hydroxyl groups is 1. The number of imidazole rings is 1. The molecule has 20 heavy (non-hydrogen) atoms. The highest BCUT2D eigenvalue weighted by molar-refractivity contribution is 5.68. The maximum Gasteiger partial charge on any atom is 0.478 e. The molecule has 1 aromatic carbocycles. The van der Waals surface area contributed by atoms with Gasteiger partial charge in [0.1, 0.15) is 11.5 Å². The molecule has 0 radical (unpaired) electrons. The van der Waals surface area contributed by atoms with Crippen molar-refractivity contribution in [1.29, 1.82) is 0 Å². The number of rotatable bonds is 1. The van der Waals surface area contributed by atoms with E-state index in [-0.39, 0.29) is 22.8 Å². The molecule has 98 valence electrons. The van der Waals surface area contributed by atoms with Crippen molar-refractivity contribution >= 4 is 16.9 Å². The summed E-state index contributed by atoms with van der Waals surface area (Å²) in [6, 6.07) is 11.1. The molecule has 4 aromatic rings. The summed E-state index contributed by atoms with van der Waals surface area (Å²) in [5.74, 6) is -0.644. The maximum atomic E-state index is 13.5. The monoisotopic (exact) mass is 271 g/mol. The summed E-state index contributed by atoms with van der Waals surface area (Å²) in [5.41, 5.74) is 0.212. The van der Waals surface area contributed by atoms with Gasteiger partial charge in [0, 0.05) is 12.1 Å². The number of oxazole rings is 1. The van der Waals surface area contributed by atoms with E-state index < -0.39 is 11.4 Å². The fourth-order valence-corrected chi connectivity index (χ4v) is 2.42. The normalized spacial score (nSPS) is 11.7. The lowest BCUT2D eigenvalue weighted by Gasteiger charge is -1.94. The summed E-state index contributed by atoms with van der Waals surface area (Å²) in [7, 11) is 0. The van der Waals surface area contributed by atoms with Crippen LogP contribution in [0.2, 0.25) is 0 Å². The fourth-order valence-electron chi connectivity index (χ4n) is 2.42. The second-order valence-electron chi connectivity index (χ2n) is 4.45. The molecule has 1 N–H and O–H groups in total. The van der Waals surface area contributed by atoms with E-state index in [1.54, 1.807) is 24.3 Å². The number of para-hydroxylation sites is 1. The van der Waals surface area contributed by atoms with Crippen LogP contribution in [0.3, 0.4) is 0 Å².